The molecule has 2 heterocycles. The SMILES string of the molecule is COCC1(O)CCN(c2c(F)cc(N3C[C@H](CCC(N)=O)OC3=O)cc2F)CC1. The molecule has 1 atom stereocenters. The van der Waals surface area contributed by atoms with Gasteiger partial charge in [-0.25, -0.2) is 13.6 Å². The summed E-state index contributed by atoms with van der Waals surface area (Å²) in [6.07, 6.45) is -0.352. The fraction of sp³-hybridized carbons (Fsp3) is 0.579. The lowest BCUT2D eigenvalue weighted by Gasteiger charge is -2.39. The van der Waals surface area contributed by atoms with Gasteiger partial charge in [0.05, 0.1) is 24.4 Å². The molecule has 1 aromatic carbocycles. The van der Waals surface area contributed by atoms with Gasteiger partial charge in [0.15, 0.2) is 11.6 Å². The number of ether oxygens (including phenoxy) is 2. The smallest absolute Gasteiger partial charge is 0.414 e. The van der Waals surface area contributed by atoms with Crippen LogP contribution in [0.5, 0.6) is 0 Å². The number of primary amides is 1. The van der Waals surface area contributed by atoms with Crippen LogP contribution in [-0.2, 0) is 14.3 Å². The van der Waals surface area contributed by atoms with E-state index in [-0.39, 0.29) is 50.5 Å². The summed E-state index contributed by atoms with van der Waals surface area (Å²) in [4.78, 5) is 25.6. The molecule has 0 aliphatic carbocycles. The van der Waals surface area contributed by atoms with Crippen molar-refractivity contribution in [1.82, 2.24) is 0 Å². The maximum Gasteiger partial charge on any atom is 0.414 e. The second kappa shape index (κ2) is 8.50. The average molecular weight is 413 g/mol. The highest BCUT2D eigenvalue weighted by Crippen LogP contribution is 2.34. The van der Waals surface area contributed by atoms with Crippen molar-refractivity contribution < 1.29 is 33.0 Å². The van der Waals surface area contributed by atoms with Crippen LogP contribution in [0.15, 0.2) is 12.1 Å². The predicted octanol–water partition coefficient (Wildman–Crippen LogP) is 1.53. The van der Waals surface area contributed by atoms with Crippen molar-refractivity contribution in [2.24, 2.45) is 5.73 Å². The number of nitrogens with two attached hydrogens (primary N) is 1. The molecule has 8 nitrogen and oxygen atoms in total. The van der Waals surface area contributed by atoms with Crippen molar-refractivity contribution in [2.75, 3.05) is 43.2 Å². The molecule has 2 saturated heterocycles. The largest absolute Gasteiger partial charge is 0.444 e. The minimum atomic E-state index is -1.00. The second-order valence-corrected chi connectivity index (χ2v) is 7.52. The molecule has 0 unspecified atom stereocenters. The highest BCUT2D eigenvalue weighted by atomic mass is 19.1. The van der Waals surface area contributed by atoms with Gasteiger partial charge in [0.2, 0.25) is 5.91 Å². The zero-order valence-corrected chi connectivity index (χ0v) is 16.2. The number of carbonyl (C=O) groups is 2. The van der Waals surface area contributed by atoms with Gasteiger partial charge in [-0.05, 0) is 19.3 Å². The molecule has 0 saturated carbocycles. The third kappa shape index (κ3) is 4.76. The fourth-order valence-corrected chi connectivity index (χ4v) is 3.76. The number of piperidine rings is 1. The van der Waals surface area contributed by atoms with Crippen molar-refractivity contribution in [3.8, 4) is 0 Å². The first kappa shape index (κ1) is 21.3. The minimum absolute atomic E-state index is 0.0447. The van der Waals surface area contributed by atoms with Gasteiger partial charge in [-0.2, -0.15) is 0 Å². The van der Waals surface area contributed by atoms with Crippen LogP contribution >= 0.6 is 0 Å². The molecule has 2 fully saturated rings. The quantitative estimate of drug-likeness (QED) is 0.703. The molecule has 0 aromatic heterocycles. The Bertz CT molecular complexity index is 760. The number of hydrogen-bond donors (Lipinski definition) is 2. The van der Waals surface area contributed by atoms with E-state index in [1.165, 1.54) is 12.0 Å². The molecule has 2 aliphatic heterocycles. The van der Waals surface area contributed by atoms with Crippen LogP contribution in [0.2, 0.25) is 0 Å². The Morgan fingerprint density at radius 2 is 1.97 bits per heavy atom. The minimum Gasteiger partial charge on any atom is -0.444 e. The molecular formula is C19H25F2N3O5. The molecule has 2 amide bonds. The van der Waals surface area contributed by atoms with Crippen LogP contribution in [0.4, 0.5) is 25.0 Å². The number of rotatable bonds is 7. The Hall–Kier alpha value is -2.46. The van der Waals surface area contributed by atoms with Crippen molar-refractivity contribution >= 4 is 23.4 Å². The molecule has 29 heavy (non-hydrogen) atoms. The third-order valence-corrected chi connectivity index (χ3v) is 5.32. The summed E-state index contributed by atoms with van der Waals surface area (Å²) in [5.74, 6) is -2.11. The Morgan fingerprint density at radius 1 is 1.34 bits per heavy atom. The molecule has 0 bridgehead atoms. The van der Waals surface area contributed by atoms with E-state index in [9.17, 15) is 23.5 Å². The number of halogens is 2. The van der Waals surface area contributed by atoms with Gasteiger partial charge in [-0.3, -0.25) is 9.69 Å². The third-order valence-electron chi connectivity index (χ3n) is 5.32. The maximum atomic E-state index is 14.8. The van der Waals surface area contributed by atoms with E-state index in [1.54, 1.807) is 0 Å². The monoisotopic (exact) mass is 413 g/mol. The van der Waals surface area contributed by atoms with Gasteiger partial charge in [0.1, 0.15) is 11.8 Å². The Balaban J connectivity index is 1.72. The molecule has 2 aliphatic rings. The molecule has 0 spiro atoms. The fourth-order valence-electron chi connectivity index (χ4n) is 3.76. The predicted molar refractivity (Wildman–Crippen MR) is 101 cm³/mol. The second-order valence-electron chi connectivity index (χ2n) is 7.52. The van der Waals surface area contributed by atoms with E-state index in [0.29, 0.717) is 12.8 Å². The first-order valence-corrected chi connectivity index (χ1v) is 9.44. The summed E-state index contributed by atoms with van der Waals surface area (Å²) in [6.45, 7) is 0.791. The first-order chi connectivity index (χ1) is 13.7. The van der Waals surface area contributed by atoms with Crippen LogP contribution in [-0.4, -0.2) is 62.2 Å². The number of carbonyl (C=O) groups excluding carboxylic acids is 2. The Labute approximate surface area is 167 Å². The number of hydrogen-bond acceptors (Lipinski definition) is 6. The number of cyclic esters (lactones) is 1. The van der Waals surface area contributed by atoms with E-state index >= 15 is 0 Å². The molecule has 10 heteroatoms. The lowest BCUT2D eigenvalue weighted by Crippen LogP contribution is -2.47. The Morgan fingerprint density at radius 3 is 2.52 bits per heavy atom. The van der Waals surface area contributed by atoms with Crippen molar-refractivity contribution in [3.63, 3.8) is 0 Å². The van der Waals surface area contributed by atoms with E-state index in [1.807, 2.05) is 0 Å². The van der Waals surface area contributed by atoms with Gasteiger partial charge < -0.3 is 25.2 Å². The molecule has 1 aromatic rings. The molecule has 0 radical (unpaired) electrons. The van der Waals surface area contributed by atoms with Gasteiger partial charge in [-0.1, -0.05) is 0 Å². The van der Waals surface area contributed by atoms with E-state index in [4.69, 9.17) is 15.2 Å². The highest BCUT2D eigenvalue weighted by molar-refractivity contribution is 5.90. The number of nitrogens with zero attached hydrogens (tertiary/aromatic N) is 2. The summed E-state index contributed by atoms with van der Waals surface area (Å²) < 4.78 is 39.7. The van der Waals surface area contributed by atoms with Crippen LogP contribution in [0.1, 0.15) is 25.7 Å². The van der Waals surface area contributed by atoms with E-state index in [2.05, 4.69) is 0 Å². The molecule has 3 N–H and O–H groups in total. The maximum absolute atomic E-state index is 14.8. The number of amides is 2. The number of benzene rings is 1. The summed E-state index contributed by atoms with van der Waals surface area (Å²) >= 11 is 0. The first-order valence-electron chi connectivity index (χ1n) is 9.44. The number of methoxy groups -OCH3 is 1. The summed E-state index contributed by atoms with van der Waals surface area (Å²) in [7, 11) is 1.49. The summed E-state index contributed by atoms with van der Waals surface area (Å²) in [5, 5.41) is 10.4. The molecule has 3 rings (SSSR count). The van der Waals surface area contributed by atoms with Crippen LogP contribution < -0.4 is 15.5 Å². The van der Waals surface area contributed by atoms with Crippen LogP contribution in [0, 0.1) is 11.6 Å². The molecular weight excluding hydrogens is 388 g/mol. The van der Waals surface area contributed by atoms with Crippen LogP contribution in [0.25, 0.3) is 0 Å². The van der Waals surface area contributed by atoms with Crippen LogP contribution in [0.3, 0.4) is 0 Å². The molecule has 160 valence electrons. The summed E-state index contributed by atoms with van der Waals surface area (Å²) in [5.41, 5.74) is 3.95. The number of anilines is 2. The lowest BCUT2D eigenvalue weighted by molar-refractivity contribution is -0.118. The summed E-state index contributed by atoms with van der Waals surface area (Å²) in [6, 6.07) is 2.18. The van der Waals surface area contributed by atoms with Crippen molar-refractivity contribution in [3.05, 3.63) is 23.8 Å². The lowest BCUT2D eigenvalue weighted by atomic mass is 9.92. The standard InChI is InChI=1S/C19H25F2N3O5/c1-28-11-19(27)4-6-23(7-5-19)17-14(20)8-12(9-15(17)21)24-10-13(29-18(24)26)2-3-16(22)25/h8-9,13,27H,2-7,10-11H2,1H3,(H2,22,25)/t13-/m0/s1. The van der Waals surface area contributed by atoms with Gasteiger partial charge >= 0.3 is 6.09 Å². The van der Waals surface area contributed by atoms with Crippen molar-refractivity contribution in [1.29, 1.82) is 0 Å². The number of aliphatic hydroxyl groups is 1. The van der Waals surface area contributed by atoms with Crippen molar-refractivity contribution in [2.45, 2.75) is 37.4 Å². The van der Waals surface area contributed by atoms with E-state index in [0.717, 1.165) is 17.0 Å². The van der Waals surface area contributed by atoms with E-state index < -0.39 is 35.3 Å². The van der Waals surface area contributed by atoms with Gasteiger partial charge in [0.25, 0.3) is 0 Å². The Kier molecular flexibility index (Phi) is 6.23. The average Bonchev–Trinajstić information content (AvgIpc) is 3.02. The normalized spacial score (nSPS) is 21.4. The van der Waals surface area contributed by atoms with Gasteiger partial charge in [0, 0.05) is 38.8 Å². The topological polar surface area (TPSA) is 105 Å². The zero-order chi connectivity index (χ0) is 21.2. The highest BCUT2D eigenvalue weighted by Gasteiger charge is 2.36. The van der Waals surface area contributed by atoms with Gasteiger partial charge in [-0.15, -0.1) is 0 Å². The zero-order valence-electron chi connectivity index (χ0n) is 16.2.